The van der Waals surface area contributed by atoms with Crippen molar-refractivity contribution >= 4 is 34.8 Å². The zero-order valence-electron chi connectivity index (χ0n) is 18.2. The first-order chi connectivity index (χ1) is 11.4. The summed E-state index contributed by atoms with van der Waals surface area (Å²) in [4.78, 5) is -0.599. The summed E-state index contributed by atoms with van der Waals surface area (Å²) in [6, 6.07) is 10.5. The van der Waals surface area contributed by atoms with Crippen LogP contribution < -0.4 is 0 Å². The monoisotopic (exact) mass is 420 g/mol. The first-order valence-corrected chi connectivity index (χ1v) is 10.7. The molecule has 0 saturated heterocycles. The molecule has 1 rings (SSSR count). The molecule has 1 aromatic rings. The van der Waals surface area contributed by atoms with E-state index in [1.54, 1.807) is 0 Å². The van der Waals surface area contributed by atoms with Crippen LogP contribution in [0.15, 0.2) is 30.3 Å². The van der Waals surface area contributed by atoms with E-state index < -0.39 is 0 Å². The predicted octanol–water partition coefficient (Wildman–Crippen LogP) is 8.71. The van der Waals surface area contributed by atoms with Crippen LogP contribution in [0.4, 0.5) is 0 Å². The minimum atomic E-state index is -0.278. The van der Waals surface area contributed by atoms with Crippen molar-refractivity contribution in [1.29, 1.82) is 0 Å². The van der Waals surface area contributed by atoms with Gasteiger partial charge in [0.2, 0.25) is 0 Å². The van der Waals surface area contributed by atoms with Gasteiger partial charge < -0.3 is 0 Å². The van der Waals surface area contributed by atoms with Crippen molar-refractivity contribution < 1.29 is 0 Å². The number of alkyl halides is 3. The van der Waals surface area contributed by atoms with E-state index >= 15 is 0 Å². The minimum Gasteiger partial charge on any atom is -0.120 e. The summed E-state index contributed by atoms with van der Waals surface area (Å²) in [5.41, 5.74) is 1.70. The number of hydrogen-bond donors (Lipinski definition) is 0. The first kappa shape index (κ1) is 26.1. The number of aryl methyl sites for hydroxylation is 1. The molecule has 0 atom stereocenters. The molecular formula is C23H39Cl3. The smallest absolute Gasteiger partial charge is 0.0435 e. The summed E-state index contributed by atoms with van der Waals surface area (Å²) >= 11 is 18.9. The van der Waals surface area contributed by atoms with E-state index in [1.165, 1.54) is 5.56 Å². The molecule has 26 heavy (non-hydrogen) atoms. The maximum absolute atomic E-state index is 6.47. The maximum atomic E-state index is 6.47. The molecule has 0 saturated carbocycles. The van der Waals surface area contributed by atoms with Crippen molar-refractivity contribution in [3.63, 3.8) is 0 Å². The van der Waals surface area contributed by atoms with Crippen LogP contribution in [0.5, 0.6) is 0 Å². The second kappa shape index (κ2) is 10.0. The molecule has 0 aromatic heterocycles. The van der Waals surface area contributed by atoms with Crippen molar-refractivity contribution in [2.75, 3.05) is 0 Å². The topological polar surface area (TPSA) is 0 Å². The van der Waals surface area contributed by atoms with Gasteiger partial charge >= 0.3 is 0 Å². The highest BCUT2D eigenvalue weighted by molar-refractivity contribution is 6.27. The Hall–Kier alpha value is 0.0900. The highest BCUT2D eigenvalue weighted by atomic mass is 35.5. The quantitative estimate of drug-likeness (QED) is 0.403. The van der Waals surface area contributed by atoms with Crippen LogP contribution in [0.1, 0.15) is 80.7 Å². The van der Waals surface area contributed by atoms with Gasteiger partial charge in [-0.25, -0.2) is 0 Å². The lowest BCUT2D eigenvalue weighted by molar-refractivity contribution is 0.314. The Kier molecular flexibility index (Phi) is 10.1. The van der Waals surface area contributed by atoms with Crippen LogP contribution in [-0.2, 0) is 6.42 Å². The fourth-order valence-corrected chi connectivity index (χ4v) is 4.94. The molecule has 0 radical (unpaired) electrons. The molecule has 0 bridgehead atoms. The highest BCUT2D eigenvalue weighted by Gasteiger charge is 2.37. The molecule has 0 nitrogen and oxygen atoms in total. The Morgan fingerprint density at radius 1 is 0.731 bits per heavy atom. The molecule has 0 fully saturated rings. The van der Waals surface area contributed by atoms with Gasteiger partial charge in [0.1, 0.15) is 0 Å². The van der Waals surface area contributed by atoms with E-state index in [4.69, 9.17) is 34.8 Å². The van der Waals surface area contributed by atoms with Gasteiger partial charge in [-0.05, 0) is 77.7 Å². The van der Waals surface area contributed by atoms with Crippen LogP contribution in [0.25, 0.3) is 0 Å². The molecule has 0 spiro atoms. The summed E-state index contributed by atoms with van der Waals surface area (Å²) in [6.07, 6.45) is 3.09. The largest absolute Gasteiger partial charge is 0.120 e. The highest BCUT2D eigenvalue weighted by Crippen LogP contribution is 2.40. The summed E-state index contributed by atoms with van der Waals surface area (Å²) in [6.45, 7) is 18.9. The zero-order valence-corrected chi connectivity index (χ0v) is 20.5. The van der Waals surface area contributed by atoms with Gasteiger partial charge in [-0.2, -0.15) is 0 Å². The molecule has 0 heterocycles. The van der Waals surface area contributed by atoms with Gasteiger partial charge in [-0.1, -0.05) is 51.1 Å². The van der Waals surface area contributed by atoms with Crippen molar-refractivity contribution in [3.8, 4) is 0 Å². The van der Waals surface area contributed by atoms with Crippen LogP contribution in [0.3, 0.4) is 0 Å². The Morgan fingerprint density at radius 3 is 1.42 bits per heavy atom. The molecule has 0 aliphatic carbocycles. The number of hydrogen-bond acceptors (Lipinski definition) is 0. The average Bonchev–Trinajstić information content (AvgIpc) is 2.33. The van der Waals surface area contributed by atoms with E-state index in [1.807, 2.05) is 33.8 Å². The van der Waals surface area contributed by atoms with Crippen LogP contribution in [0, 0.1) is 11.3 Å². The molecule has 0 amide bonds. The summed E-state index contributed by atoms with van der Waals surface area (Å²) in [7, 11) is 0. The van der Waals surface area contributed by atoms with E-state index in [2.05, 4.69) is 58.9 Å². The fraction of sp³-hybridized carbons (Fsp3) is 0.739. The third-order valence-corrected chi connectivity index (χ3v) is 4.83. The standard InChI is InChI=1S/C15H22Cl2.C8H17Cl/c1-14(2,16)13(15(3,4)17)11-10-12-8-6-5-7-9-12;1-7(2,3)6-8(4,5)9/h5-9,13H,10-11H2,1-4H3;6H2,1-5H3. The Bertz CT molecular complexity index is 467. The van der Waals surface area contributed by atoms with Gasteiger partial charge in [0.15, 0.2) is 0 Å². The predicted molar refractivity (Wildman–Crippen MR) is 122 cm³/mol. The third-order valence-electron chi connectivity index (χ3n) is 4.17. The Balaban J connectivity index is 0.000000590. The van der Waals surface area contributed by atoms with E-state index in [0.29, 0.717) is 5.41 Å². The average molecular weight is 422 g/mol. The molecule has 0 N–H and O–H groups in total. The number of benzene rings is 1. The van der Waals surface area contributed by atoms with E-state index in [-0.39, 0.29) is 20.5 Å². The van der Waals surface area contributed by atoms with Crippen LogP contribution in [-0.4, -0.2) is 14.6 Å². The molecule has 152 valence electrons. The summed E-state index contributed by atoms with van der Waals surface area (Å²) < 4.78 is 0. The van der Waals surface area contributed by atoms with E-state index in [9.17, 15) is 0 Å². The minimum absolute atomic E-state index is 0.0434. The van der Waals surface area contributed by atoms with Crippen molar-refractivity contribution in [1.82, 2.24) is 0 Å². The van der Waals surface area contributed by atoms with Gasteiger partial charge in [-0.3, -0.25) is 0 Å². The summed E-state index contributed by atoms with van der Waals surface area (Å²) in [5.74, 6) is 0.276. The normalized spacial score (nSPS) is 13.4. The third kappa shape index (κ3) is 13.3. The van der Waals surface area contributed by atoms with Gasteiger partial charge in [0.05, 0.1) is 0 Å². The lowest BCUT2D eigenvalue weighted by atomic mass is 9.80. The zero-order chi connectivity index (χ0) is 20.8. The molecule has 3 heteroatoms. The molecular weight excluding hydrogens is 383 g/mol. The lowest BCUT2D eigenvalue weighted by Crippen LogP contribution is -2.38. The fourth-order valence-electron chi connectivity index (χ4n) is 3.72. The molecule has 0 aliphatic rings. The molecule has 1 aromatic carbocycles. The Morgan fingerprint density at radius 2 is 1.15 bits per heavy atom. The van der Waals surface area contributed by atoms with Crippen LogP contribution in [0.2, 0.25) is 0 Å². The second-order valence-electron chi connectivity index (χ2n) is 10.2. The first-order valence-electron chi connectivity index (χ1n) is 9.52. The van der Waals surface area contributed by atoms with Gasteiger partial charge in [-0.15, -0.1) is 34.8 Å². The van der Waals surface area contributed by atoms with Crippen molar-refractivity contribution in [2.45, 2.75) is 96.2 Å². The SMILES string of the molecule is CC(C)(C)CC(C)(C)Cl.CC(C)(Cl)C(CCc1ccccc1)C(C)(C)Cl. The van der Waals surface area contributed by atoms with Crippen LogP contribution >= 0.6 is 34.8 Å². The second-order valence-corrected chi connectivity index (χ2v) is 13.1. The Labute approximate surface area is 178 Å². The van der Waals surface area contributed by atoms with Crippen molar-refractivity contribution in [3.05, 3.63) is 35.9 Å². The molecule has 0 aliphatic heterocycles. The maximum Gasteiger partial charge on any atom is 0.0435 e. The summed E-state index contributed by atoms with van der Waals surface area (Å²) in [5, 5.41) is 0. The van der Waals surface area contributed by atoms with E-state index in [0.717, 1.165) is 19.3 Å². The number of rotatable bonds is 6. The van der Waals surface area contributed by atoms with Gasteiger partial charge in [0, 0.05) is 14.6 Å². The molecule has 0 unspecified atom stereocenters. The number of halogens is 3. The lowest BCUT2D eigenvalue weighted by Gasteiger charge is -2.37. The van der Waals surface area contributed by atoms with Gasteiger partial charge in [0.25, 0.3) is 0 Å². The van der Waals surface area contributed by atoms with Crippen molar-refractivity contribution in [2.24, 2.45) is 11.3 Å².